The van der Waals surface area contributed by atoms with E-state index in [4.69, 9.17) is 10.5 Å². The summed E-state index contributed by atoms with van der Waals surface area (Å²) in [4.78, 5) is 28.5. The molecule has 1 aliphatic heterocycles. The number of nitrogens with two attached hydrogens (primary N) is 1. The number of sulfonamides is 1. The quantitative estimate of drug-likeness (QED) is 0.305. The third-order valence-corrected chi connectivity index (χ3v) is 11.2. The summed E-state index contributed by atoms with van der Waals surface area (Å²) < 4.78 is 87.6. The number of nitrogens with zero attached hydrogens (tertiary/aromatic N) is 1. The summed E-state index contributed by atoms with van der Waals surface area (Å²) in [7, 11) is -7.60. The van der Waals surface area contributed by atoms with E-state index in [1.165, 1.54) is 43.0 Å². The second-order valence-corrected chi connectivity index (χ2v) is 16.4. The Balaban J connectivity index is 1.71. The van der Waals surface area contributed by atoms with Crippen LogP contribution in [0.1, 0.15) is 64.0 Å². The number of nitrogens with one attached hydrogen (secondary N) is 2. The van der Waals surface area contributed by atoms with Crippen LogP contribution in [0, 0.1) is 11.6 Å². The number of carbonyl (C=O) groups excluding carboxylic acids is 2. The molecule has 1 spiro atoms. The van der Waals surface area contributed by atoms with Gasteiger partial charge in [-0.05, 0) is 74.6 Å². The van der Waals surface area contributed by atoms with Crippen LogP contribution in [0.15, 0.2) is 52.9 Å². The molecule has 2 aliphatic rings. The van der Waals surface area contributed by atoms with E-state index in [1.807, 2.05) is 0 Å². The maximum atomic E-state index is 14.1. The van der Waals surface area contributed by atoms with E-state index in [1.54, 1.807) is 6.92 Å². The lowest BCUT2D eigenvalue weighted by Gasteiger charge is -2.38. The average molecular weight is 697 g/mol. The van der Waals surface area contributed by atoms with Gasteiger partial charge in [0, 0.05) is 25.4 Å². The predicted molar refractivity (Wildman–Crippen MR) is 173 cm³/mol. The molecular formula is C32H42F2N4O7S2. The summed E-state index contributed by atoms with van der Waals surface area (Å²) in [5.41, 5.74) is 4.61. The topological polar surface area (TPSA) is 165 Å². The molecule has 0 saturated heterocycles. The average Bonchev–Trinajstić information content (AvgIpc) is 3.18. The fourth-order valence-corrected chi connectivity index (χ4v) is 8.58. The molecule has 4 rings (SSSR count). The lowest BCUT2D eigenvalue weighted by molar-refractivity contribution is -0.139. The van der Waals surface area contributed by atoms with Crippen molar-refractivity contribution in [2.45, 2.75) is 81.5 Å². The Kier molecular flexibility index (Phi) is 11.0. The first-order valence-electron chi connectivity index (χ1n) is 15.4. The summed E-state index contributed by atoms with van der Waals surface area (Å²) in [6.07, 6.45) is 4.50. The fourth-order valence-electron chi connectivity index (χ4n) is 5.98. The van der Waals surface area contributed by atoms with E-state index in [0.717, 1.165) is 43.7 Å². The highest BCUT2D eigenvalue weighted by Gasteiger charge is 2.50. The number of carbonyl (C=O) groups is 2. The van der Waals surface area contributed by atoms with Gasteiger partial charge in [0.25, 0.3) is 0 Å². The monoisotopic (exact) mass is 696 g/mol. The Labute approximate surface area is 274 Å². The van der Waals surface area contributed by atoms with Gasteiger partial charge in [0.1, 0.15) is 17.7 Å². The van der Waals surface area contributed by atoms with Gasteiger partial charge in [-0.2, -0.15) is 0 Å². The van der Waals surface area contributed by atoms with Crippen molar-refractivity contribution in [3.63, 3.8) is 0 Å². The molecule has 1 heterocycles. The van der Waals surface area contributed by atoms with Crippen LogP contribution in [0.3, 0.4) is 0 Å². The molecule has 47 heavy (non-hydrogen) atoms. The molecule has 258 valence electrons. The number of benzene rings is 2. The lowest BCUT2D eigenvalue weighted by Crippen LogP contribution is -2.58. The van der Waals surface area contributed by atoms with Crippen LogP contribution in [0.5, 0.6) is 0 Å². The number of hydrogen-bond donors (Lipinski definition) is 3. The van der Waals surface area contributed by atoms with Crippen molar-refractivity contribution in [3.05, 3.63) is 70.8 Å². The highest BCUT2D eigenvalue weighted by atomic mass is 32.2. The molecule has 4 N–H and O–H groups in total. The van der Waals surface area contributed by atoms with Crippen molar-refractivity contribution >= 4 is 36.6 Å². The molecule has 2 amide bonds. The van der Waals surface area contributed by atoms with E-state index < -0.39 is 60.4 Å². The molecule has 11 nitrogen and oxygen atoms in total. The Bertz CT molecular complexity index is 1730. The van der Waals surface area contributed by atoms with Gasteiger partial charge >= 0.3 is 0 Å². The van der Waals surface area contributed by atoms with Gasteiger partial charge in [0.05, 0.1) is 34.1 Å². The summed E-state index contributed by atoms with van der Waals surface area (Å²) in [5, 5.41) is 2.62. The smallest absolute Gasteiger partial charge is 0.247 e. The number of likely N-dealkylation sites (N-methyl/N-ethyl adjacent to an activating group) is 1. The minimum Gasteiger partial charge on any atom is -0.374 e. The van der Waals surface area contributed by atoms with E-state index in [0.29, 0.717) is 18.4 Å². The number of amides is 2. The van der Waals surface area contributed by atoms with Crippen LogP contribution in [0.2, 0.25) is 0 Å². The summed E-state index contributed by atoms with van der Waals surface area (Å²) in [5.74, 6) is -2.81. The Morgan fingerprint density at radius 2 is 1.68 bits per heavy atom. The number of ether oxygens (including phenoxy) is 1. The molecule has 1 saturated carbocycles. The zero-order valence-corrected chi connectivity index (χ0v) is 28.6. The minimum atomic E-state index is -4.07. The standard InChI is InChI=1S/C32H42F2N4O7S2/c1-5-38(29(39)27(36-30(40)31(2,3)35)20-45-19-21-15-23(33)17-24(34)16-21)18-26-28(22-9-11-25(12-10-22)46(4,41)42)47(43,44)37-32(26)13-7-6-8-14-32/h9-12,15-17,27,37H,5-8,13-14,18-20,35H2,1-4H3,(H,36,40)/t27-/m1/s1. The van der Waals surface area contributed by atoms with Crippen molar-refractivity contribution in [2.24, 2.45) is 5.73 Å². The van der Waals surface area contributed by atoms with Crippen LogP contribution in [-0.4, -0.2) is 76.6 Å². The normalized spacial score (nSPS) is 18.3. The summed E-state index contributed by atoms with van der Waals surface area (Å²) in [6.45, 7) is 4.04. The van der Waals surface area contributed by atoms with Crippen LogP contribution < -0.4 is 15.8 Å². The Morgan fingerprint density at radius 3 is 2.21 bits per heavy atom. The van der Waals surface area contributed by atoms with Gasteiger partial charge in [-0.15, -0.1) is 0 Å². The van der Waals surface area contributed by atoms with Crippen molar-refractivity contribution in [2.75, 3.05) is 26.0 Å². The van der Waals surface area contributed by atoms with Crippen LogP contribution in [0.4, 0.5) is 8.78 Å². The molecule has 15 heteroatoms. The molecule has 1 fully saturated rings. The maximum absolute atomic E-state index is 14.1. The Morgan fingerprint density at radius 1 is 1.09 bits per heavy atom. The highest BCUT2D eigenvalue weighted by molar-refractivity contribution is 7.99. The number of sulfone groups is 1. The number of rotatable bonds is 12. The second-order valence-electron chi connectivity index (χ2n) is 12.7. The molecule has 1 atom stereocenters. The second kappa shape index (κ2) is 14.1. The van der Waals surface area contributed by atoms with Crippen LogP contribution in [0.25, 0.3) is 4.91 Å². The van der Waals surface area contributed by atoms with E-state index >= 15 is 0 Å². The van der Waals surface area contributed by atoms with Crippen LogP contribution >= 0.6 is 0 Å². The zero-order chi connectivity index (χ0) is 34.8. The predicted octanol–water partition coefficient (Wildman–Crippen LogP) is 3.00. The first-order valence-corrected chi connectivity index (χ1v) is 18.7. The van der Waals surface area contributed by atoms with Gasteiger partial charge in [0.2, 0.25) is 21.8 Å². The summed E-state index contributed by atoms with van der Waals surface area (Å²) in [6, 6.07) is 7.22. The van der Waals surface area contributed by atoms with Crippen molar-refractivity contribution < 1.29 is 39.9 Å². The highest BCUT2D eigenvalue weighted by Crippen LogP contribution is 2.46. The van der Waals surface area contributed by atoms with Gasteiger partial charge in [-0.25, -0.2) is 30.3 Å². The molecule has 2 aromatic rings. The van der Waals surface area contributed by atoms with E-state index in [2.05, 4.69) is 10.0 Å². The van der Waals surface area contributed by atoms with Gasteiger partial charge < -0.3 is 20.7 Å². The molecule has 0 radical (unpaired) electrons. The molecular weight excluding hydrogens is 655 g/mol. The third-order valence-electron chi connectivity index (χ3n) is 8.41. The molecule has 0 bridgehead atoms. The largest absolute Gasteiger partial charge is 0.374 e. The molecule has 0 aromatic heterocycles. The van der Waals surface area contributed by atoms with Gasteiger partial charge in [0.15, 0.2) is 9.84 Å². The first kappa shape index (κ1) is 36.6. The first-order chi connectivity index (χ1) is 21.9. The van der Waals surface area contributed by atoms with Gasteiger partial charge in [-0.3, -0.25) is 9.59 Å². The fraction of sp³-hybridized carbons (Fsp3) is 0.500. The minimum absolute atomic E-state index is 0.0150. The Hall–Kier alpha value is -3.24. The van der Waals surface area contributed by atoms with Crippen LogP contribution in [-0.2, 0) is 40.8 Å². The zero-order valence-electron chi connectivity index (χ0n) is 26.9. The van der Waals surface area contributed by atoms with Crippen molar-refractivity contribution in [1.29, 1.82) is 0 Å². The molecule has 1 aliphatic carbocycles. The molecule has 0 unspecified atom stereocenters. The van der Waals surface area contributed by atoms with Crippen molar-refractivity contribution in [1.82, 2.24) is 14.9 Å². The van der Waals surface area contributed by atoms with Crippen molar-refractivity contribution in [3.8, 4) is 0 Å². The van der Waals surface area contributed by atoms with Gasteiger partial charge in [-0.1, -0.05) is 31.4 Å². The number of halogens is 2. The van der Waals surface area contributed by atoms with E-state index in [-0.39, 0.29) is 47.2 Å². The number of hydrogen-bond acceptors (Lipinski definition) is 8. The SMILES string of the molecule is CCN(CC1=C(c2ccc(S(C)(=O)=O)cc2)S(=O)(=O)NC12CCCCC2)C(=O)[C@@H](COCc1cc(F)cc(F)c1)NC(=O)C(C)(C)N. The van der Waals surface area contributed by atoms with E-state index in [9.17, 15) is 35.2 Å². The third kappa shape index (κ3) is 8.62. The lowest BCUT2D eigenvalue weighted by atomic mass is 9.76. The summed E-state index contributed by atoms with van der Waals surface area (Å²) >= 11 is 0. The maximum Gasteiger partial charge on any atom is 0.247 e. The molecule has 2 aromatic carbocycles.